The van der Waals surface area contributed by atoms with Gasteiger partial charge in [0, 0.05) is 5.69 Å². The molecular formula is C17H19N3O3. The number of fused-ring (bicyclic) bond motifs is 1. The van der Waals surface area contributed by atoms with Crippen LogP contribution >= 0.6 is 0 Å². The van der Waals surface area contributed by atoms with Gasteiger partial charge in [0.2, 0.25) is 5.54 Å². The van der Waals surface area contributed by atoms with Crippen molar-refractivity contribution in [1.82, 2.24) is 5.32 Å². The molecule has 2 atom stereocenters. The fourth-order valence-corrected chi connectivity index (χ4v) is 2.22. The van der Waals surface area contributed by atoms with Crippen molar-refractivity contribution < 1.29 is 14.7 Å². The molecule has 23 heavy (non-hydrogen) atoms. The van der Waals surface area contributed by atoms with Crippen molar-refractivity contribution in [1.29, 1.82) is 5.26 Å². The largest absolute Gasteiger partial charge is 0.479 e. The van der Waals surface area contributed by atoms with E-state index in [1.54, 1.807) is 39.0 Å². The third-order valence-corrected chi connectivity index (χ3v) is 4.26. The highest BCUT2D eigenvalue weighted by Crippen LogP contribution is 2.29. The maximum Gasteiger partial charge on any atom is 0.343 e. The number of anilines is 1. The SMILES string of the molecule is CC(C)C(C)(C#N)NC(=O)C1(C(=O)O)C=Cc2ccccc2N1. The zero-order valence-corrected chi connectivity index (χ0v) is 13.3. The number of hydrogen-bond donors (Lipinski definition) is 3. The average Bonchev–Trinajstić information content (AvgIpc) is 2.53. The van der Waals surface area contributed by atoms with Crippen LogP contribution in [0.2, 0.25) is 0 Å². The Bertz CT molecular complexity index is 720. The molecule has 1 aromatic rings. The van der Waals surface area contributed by atoms with Gasteiger partial charge in [-0.2, -0.15) is 5.26 Å². The molecule has 1 aliphatic rings. The van der Waals surface area contributed by atoms with Gasteiger partial charge in [0.05, 0.1) is 6.07 Å². The number of para-hydroxylation sites is 1. The van der Waals surface area contributed by atoms with Gasteiger partial charge in [0.15, 0.2) is 0 Å². The Morgan fingerprint density at radius 2 is 2.04 bits per heavy atom. The molecule has 3 N–H and O–H groups in total. The van der Waals surface area contributed by atoms with Gasteiger partial charge in [-0.15, -0.1) is 0 Å². The molecule has 120 valence electrons. The zero-order valence-electron chi connectivity index (χ0n) is 13.3. The zero-order chi connectivity index (χ0) is 17.3. The average molecular weight is 313 g/mol. The smallest absolute Gasteiger partial charge is 0.343 e. The van der Waals surface area contributed by atoms with Crippen molar-refractivity contribution in [3.63, 3.8) is 0 Å². The lowest BCUT2D eigenvalue weighted by atomic mass is 9.86. The molecule has 0 bridgehead atoms. The van der Waals surface area contributed by atoms with Gasteiger partial charge in [-0.05, 0) is 30.5 Å². The Balaban J connectivity index is 2.40. The maximum absolute atomic E-state index is 12.7. The minimum absolute atomic E-state index is 0.179. The van der Waals surface area contributed by atoms with Crippen LogP contribution in [0.15, 0.2) is 30.3 Å². The minimum atomic E-state index is -1.94. The second-order valence-corrected chi connectivity index (χ2v) is 6.08. The molecule has 0 radical (unpaired) electrons. The molecule has 0 aromatic heterocycles. The van der Waals surface area contributed by atoms with Gasteiger partial charge >= 0.3 is 5.97 Å². The van der Waals surface area contributed by atoms with Crippen LogP contribution in [0.25, 0.3) is 6.08 Å². The second kappa shape index (κ2) is 5.76. The summed E-state index contributed by atoms with van der Waals surface area (Å²) in [6.07, 6.45) is 2.91. The van der Waals surface area contributed by atoms with Crippen molar-refractivity contribution in [2.45, 2.75) is 31.8 Å². The predicted octanol–water partition coefficient (Wildman–Crippen LogP) is 2.00. The first-order chi connectivity index (χ1) is 10.7. The summed E-state index contributed by atoms with van der Waals surface area (Å²) in [5, 5.41) is 24.3. The first-order valence-corrected chi connectivity index (χ1v) is 7.29. The van der Waals surface area contributed by atoms with Crippen LogP contribution in [-0.4, -0.2) is 28.1 Å². The van der Waals surface area contributed by atoms with Crippen molar-refractivity contribution in [3.8, 4) is 6.07 Å². The molecule has 1 aliphatic heterocycles. The highest BCUT2D eigenvalue weighted by atomic mass is 16.4. The Morgan fingerprint density at radius 3 is 2.61 bits per heavy atom. The van der Waals surface area contributed by atoms with E-state index < -0.39 is 23.0 Å². The molecule has 2 rings (SSSR count). The van der Waals surface area contributed by atoms with Crippen molar-refractivity contribution in [2.24, 2.45) is 5.92 Å². The first-order valence-electron chi connectivity index (χ1n) is 7.29. The summed E-state index contributed by atoms with van der Waals surface area (Å²) in [6.45, 7) is 5.15. The fourth-order valence-electron chi connectivity index (χ4n) is 2.22. The molecule has 6 heteroatoms. The lowest BCUT2D eigenvalue weighted by Gasteiger charge is -2.35. The van der Waals surface area contributed by atoms with Crippen molar-refractivity contribution >= 4 is 23.6 Å². The quantitative estimate of drug-likeness (QED) is 0.738. The van der Waals surface area contributed by atoms with Crippen LogP contribution in [0.1, 0.15) is 26.3 Å². The van der Waals surface area contributed by atoms with Crippen molar-refractivity contribution in [3.05, 3.63) is 35.9 Å². The Morgan fingerprint density at radius 1 is 1.39 bits per heavy atom. The van der Waals surface area contributed by atoms with E-state index >= 15 is 0 Å². The number of carboxylic acid groups (broad SMARTS) is 1. The van der Waals surface area contributed by atoms with E-state index in [9.17, 15) is 20.0 Å². The second-order valence-electron chi connectivity index (χ2n) is 6.08. The van der Waals surface area contributed by atoms with Gasteiger partial charge in [0.1, 0.15) is 5.54 Å². The van der Waals surface area contributed by atoms with E-state index in [0.717, 1.165) is 5.56 Å². The molecule has 2 unspecified atom stereocenters. The van der Waals surface area contributed by atoms with Gasteiger partial charge in [-0.1, -0.05) is 38.1 Å². The summed E-state index contributed by atoms with van der Waals surface area (Å²) in [7, 11) is 0. The van der Waals surface area contributed by atoms with Gasteiger partial charge in [0.25, 0.3) is 5.91 Å². The molecule has 1 aromatic carbocycles. The Kier molecular flexibility index (Phi) is 4.15. The third-order valence-electron chi connectivity index (χ3n) is 4.26. The summed E-state index contributed by atoms with van der Waals surface area (Å²) in [5.74, 6) is -2.28. The molecule has 0 fully saturated rings. The standard InChI is InChI=1S/C17H19N3O3/c1-11(2)16(3,10-18)20-14(21)17(15(22)23)9-8-12-6-4-5-7-13(12)19-17/h4-9,11,19H,1-3H3,(H,20,21)(H,22,23). The number of rotatable bonds is 4. The van der Waals surface area contributed by atoms with E-state index in [1.807, 2.05) is 18.2 Å². The van der Waals surface area contributed by atoms with E-state index in [2.05, 4.69) is 10.6 Å². The number of carboxylic acids is 1. The van der Waals surface area contributed by atoms with Gasteiger partial charge in [-0.3, -0.25) is 4.79 Å². The Hall–Kier alpha value is -2.81. The topological polar surface area (TPSA) is 102 Å². The number of carbonyl (C=O) groups excluding carboxylic acids is 1. The van der Waals surface area contributed by atoms with E-state index in [-0.39, 0.29) is 5.92 Å². The first kappa shape index (κ1) is 16.6. The highest BCUT2D eigenvalue weighted by molar-refractivity contribution is 6.14. The van der Waals surface area contributed by atoms with Gasteiger partial charge < -0.3 is 15.7 Å². The molecular weight excluding hydrogens is 294 g/mol. The summed E-state index contributed by atoms with van der Waals surface area (Å²) in [6, 6.07) is 9.14. The number of aliphatic carboxylic acids is 1. The van der Waals surface area contributed by atoms with Crippen LogP contribution in [-0.2, 0) is 9.59 Å². The molecule has 0 spiro atoms. The lowest BCUT2D eigenvalue weighted by Crippen LogP contribution is -2.62. The summed E-state index contributed by atoms with van der Waals surface area (Å²) in [5.41, 5.74) is -1.76. The van der Waals surface area contributed by atoms with E-state index in [0.29, 0.717) is 5.69 Å². The molecule has 6 nitrogen and oxygen atoms in total. The number of benzene rings is 1. The minimum Gasteiger partial charge on any atom is -0.479 e. The van der Waals surface area contributed by atoms with Crippen LogP contribution in [0.4, 0.5) is 5.69 Å². The number of nitrogens with one attached hydrogen (secondary N) is 2. The number of nitrogens with zero attached hydrogens (tertiary/aromatic N) is 1. The van der Waals surface area contributed by atoms with Crippen LogP contribution in [0.3, 0.4) is 0 Å². The molecule has 1 heterocycles. The third kappa shape index (κ3) is 2.78. The molecule has 0 saturated carbocycles. The number of nitriles is 1. The predicted molar refractivity (Wildman–Crippen MR) is 86.5 cm³/mol. The maximum atomic E-state index is 12.7. The Labute approximate surface area is 134 Å². The van der Waals surface area contributed by atoms with Gasteiger partial charge in [-0.25, -0.2) is 4.79 Å². The molecule has 1 amide bonds. The normalized spacial score (nSPS) is 21.5. The number of carbonyl (C=O) groups is 2. The van der Waals surface area contributed by atoms with E-state index in [1.165, 1.54) is 6.08 Å². The lowest BCUT2D eigenvalue weighted by molar-refractivity contribution is -0.146. The monoisotopic (exact) mass is 313 g/mol. The highest BCUT2D eigenvalue weighted by Gasteiger charge is 2.48. The summed E-state index contributed by atoms with van der Waals surface area (Å²) in [4.78, 5) is 24.5. The van der Waals surface area contributed by atoms with E-state index in [4.69, 9.17) is 0 Å². The van der Waals surface area contributed by atoms with Crippen LogP contribution in [0, 0.1) is 17.2 Å². The number of hydrogen-bond acceptors (Lipinski definition) is 4. The van der Waals surface area contributed by atoms with Crippen LogP contribution < -0.4 is 10.6 Å². The summed E-state index contributed by atoms with van der Waals surface area (Å²) >= 11 is 0. The summed E-state index contributed by atoms with van der Waals surface area (Å²) < 4.78 is 0. The number of amides is 1. The van der Waals surface area contributed by atoms with Crippen LogP contribution in [0.5, 0.6) is 0 Å². The fraction of sp³-hybridized carbons (Fsp3) is 0.353. The molecule has 0 aliphatic carbocycles. The van der Waals surface area contributed by atoms with Crippen molar-refractivity contribution in [2.75, 3.05) is 5.32 Å². The molecule has 0 saturated heterocycles.